The molecule has 0 saturated heterocycles. The zero-order valence-corrected chi connectivity index (χ0v) is 19.2. The Balaban J connectivity index is 1.63. The van der Waals surface area contributed by atoms with Gasteiger partial charge in [0.1, 0.15) is 5.76 Å². The summed E-state index contributed by atoms with van der Waals surface area (Å²) >= 11 is 12.1. The number of benzene rings is 2. The molecule has 0 unspecified atom stereocenters. The normalized spacial score (nSPS) is 11.3. The summed E-state index contributed by atoms with van der Waals surface area (Å²) in [7, 11) is -3.58. The average Bonchev–Trinajstić information content (AvgIpc) is 3.21. The molecule has 1 amide bonds. The number of anilines is 1. The quantitative estimate of drug-likeness (QED) is 0.441. The number of carbonyl (C=O) groups excluding carboxylic acids is 1. The largest absolute Gasteiger partial charge is 0.469 e. The smallest absolute Gasteiger partial charge is 0.251 e. The van der Waals surface area contributed by atoms with Crippen molar-refractivity contribution in [2.24, 2.45) is 0 Å². The fourth-order valence-corrected chi connectivity index (χ4v) is 4.42. The average molecular weight is 481 g/mol. The number of furan rings is 1. The summed E-state index contributed by atoms with van der Waals surface area (Å²) in [6.45, 7) is 0.610. The van der Waals surface area contributed by atoms with Crippen LogP contribution < -0.4 is 9.62 Å². The van der Waals surface area contributed by atoms with Crippen LogP contribution in [0.15, 0.2) is 65.3 Å². The van der Waals surface area contributed by atoms with Crippen molar-refractivity contribution in [2.75, 3.05) is 17.1 Å². The van der Waals surface area contributed by atoms with E-state index in [1.54, 1.807) is 42.7 Å². The molecule has 1 N–H and O–H groups in total. The molecule has 0 radical (unpaired) electrons. The molecule has 0 atom stereocenters. The molecule has 3 aromatic rings. The molecule has 164 valence electrons. The molecule has 31 heavy (non-hydrogen) atoms. The van der Waals surface area contributed by atoms with Gasteiger partial charge in [-0.2, -0.15) is 0 Å². The number of aryl methyl sites for hydroxylation is 1. The van der Waals surface area contributed by atoms with E-state index in [0.717, 1.165) is 30.4 Å². The summed E-state index contributed by atoms with van der Waals surface area (Å²) in [5.41, 5.74) is 1.59. The van der Waals surface area contributed by atoms with Gasteiger partial charge in [0.05, 0.1) is 24.8 Å². The minimum Gasteiger partial charge on any atom is -0.469 e. The number of rotatable bonds is 9. The van der Waals surface area contributed by atoms with Gasteiger partial charge < -0.3 is 9.73 Å². The van der Waals surface area contributed by atoms with Crippen molar-refractivity contribution in [2.45, 2.75) is 19.4 Å². The minimum absolute atomic E-state index is 0.0839. The Kier molecular flexibility index (Phi) is 7.64. The van der Waals surface area contributed by atoms with Gasteiger partial charge >= 0.3 is 0 Å². The van der Waals surface area contributed by atoms with Crippen molar-refractivity contribution in [1.82, 2.24) is 5.32 Å². The van der Waals surface area contributed by atoms with Crippen molar-refractivity contribution in [3.05, 3.63) is 87.8 Å². The lowest BCUT2D eigenvalue weighted by molar-refractivity contribution is 0.0953. The Labute approximate surface area is 191 Å². The predicted octanol–water partition coefficient (Wildman–Crippen LogP) is 4.92. The van der Waals surface area contributed by atoms with Gasteiger partial charge in [-0.15, -0.1) is 0 Å². The molecule has 0 bridgehead atoms. The van der Waals surface area contributed by atoms with E-state index in [1.165, 1.54) is 10.4 Å². The highest BCUT2D eigenvalue weighted by atomic mass is 35.5. The highest BCUT2D eigenvalue weighted by Crippen LogP contribution is 2.28. The van der Waals surface area contributed by atoms with Crippen LogP contribution in [-0.2, 0) is 23.0 Å². The van der Waals surface area contributed by atoms with E-state index in [0.29, 0.717) is 27.8 Å². The maximum atomic E-state index is 12.3. The minimum atomic E-state index is -3.58. The number of carbonyl (C=O) groups is 1. The maximum Gasteiger partial charge on any atom is 0.251 e. The van der Waals surface area contributed by atoms with Gasteiger partial charge in [-0.3, -0.25) is 9.10 Å². The monoisotopic (exact) mass is 480 g/mol. The lowest BCUT2D eigenvalue weighted by Gasteiger charge is -2.23. The molecule has 1 heterocycles. The van der Waals surface area contributed by atoms with Crippen molar-refractivity contribution in [3.63, 3.8) is 0 Å². The molecule has 2 aromatic carbocycles. The van der Waals surface area contributed by atoms with Crippen LogP contribution in [0.25, 0.3) is 0 Å². The first-order valence-corrected chi connectivity index (χ1v) is 12.2. The standard InChI is InChI=1S/C22H22Cl2N2O4S/c1-31(28,29)26(20-13-18(23)12-19(24)14-20)15-16-6-8-17(9-7-16)22(27)25-10-2-4-21-5-3-11-30-21/h3,5-9,11-14H,2,4,10,15H2,1H3,(H,25,27). The highest BCUT2D eigenvalue weighted by molar-refractivity contribution is 7.92. The first kappa shape index (κ1) is 23.2. The Morgan fingerprint density at radius 1 is 1.06 bits per heavy atom. The number of hydrogen-bond acceptors (Lipinski definition) is 4. The van der Waals surface area contributed by atoms with Crippen LogP contribution in [0.5, 0.6) is 0 Å². The van der Waals surface area contributed by atoms with E-state index in [1.807, 2.05) is 12.1 Å². The molecule has 0 aliphatic heterocycles. The van der Waals surface area contributed by atoms with E-state index in [9.17, 15) is 13.2 Å². The first-order chi connectivity index (χ1) is 14.7. The topological polar surface area (TPSA) is 79.6 Å². The summed E-state index contributed by atoms with van der Waals surface area (Å²) in [5, 5.41) is 3.55. The molecular weight excluding hydrogens is 459 g/mol. The second kappa shape index (κ2) is 10.2. The zero-order chi connectivity index (χ0) is 22.4. The molecule has 0 aliphatic carbocycles. The van der Waals surface area contributed by atoms with E-state index in [-0.39, 0.29) is 12.5 Å². The van der Waals surface area contributed by atoms with Crippen molar-refractivity contribution < 1.29 is 17.6 Å². The number of amides is 1. The molecular formula is C22H22Cl2N2O4S. The SMILES string of the molecule is CS(=O)(=O)N(Cc1ccc(C(=O)NCCCc2ccco2)cc1)c1cc(Cl)cc(Cl)c1. The number of halogens is 2. The molecule has 9 heteroatoms. The third-order valence-electron chi connectivity index (χ3n) is 4.54. The van der Waals surface area contributed by atoms with E-state index in [4.69, 9.17) is 27.6 Å². The lowest BCUT2D eigenvalue weighted by atomic mass is 10.1. The third-order valence-corrected chi connectivity index (χ3v) is 6.12. The Hall–Kier alpha value is -2.48. The molecule has 0 fully saturated rings. The van der Waals surface area contributed by atoms with Crippen LogP contribution in [0.3, 0.4) is 0 Å². The first-order valence-electron chi connectivity index (χ1n) is 9.56. The van der Waals surface area contributed by atoms with Crippen molar-refractivity contribution in [1.29, 1.82) is 0 Å². The molecule has 1 aromatic heterocycles. The number of nitrogens with one attached hydrogen (secondary N) is 1. The van der Waals surface area contributed by atoms with Crippen molar-refractivity contribution >= 4 is 44.8 Å². The van der Waals surface area contributed by atoms with Gasteiger partial charge in [-0.05, 0) is 54.4 Å². The van der Waals surface area contributed by atoms with Crippen LogP contribution in [0, 0.1) is 0 Å². The number of hydrogen-bond donors (Lipinski definition) is 1. The fraction of sp³-hybridized carbons (Fsp3) is 0.227. The van der Waals surface area contributed by atoms with Gasteiger partial charge in [0.2, 0.25) is 10.0 Å². The zero-order valence-electron chi connectivity index (χ0n) is 16.8. The van der Waals surface area contributed by atoms with Crippen LogP contribution in [0.2, 0.25) is 10.0 Å². The van der Waals surface area contributed by atoms with Gasteiger partial charge in [-0.25, -0.2) is 8.42 Å². The summed E-state index contributed by atoms with van der Waals surface area (Å²) in [6, 6.07) is 15.1. The maximum absolute atomic E-state index is 12.3. The Morgan fingerprint density at radius 2 is 1.74 bits per heavy atom. The third kappa shape index (κ3) is 6.75. The molecule has 0 aliphatic rings. The van der Waals surface area contributed by atoms with Crippen LogP contribution in [0.4, 0.5) is 5.69 Å². The molecule has 6 nitrogen and oxygen atoms in total. The van der Waals surface area contributed by atoms with Gasteiger partial charge in [0, 0.05) is 28.6 Å². The highest BCUT2D eigenvalue weighted by Gasteiger charge is 2.19. The predicted molar refractivity (Wildman–Crippen MR) is 123 cm³/mol. The van der Waals surface area contributed by atoms with Crippen molar-refractivity contribution in [3.8, 4) is 0 Å². The van der Waals surface area contributed by atoms with Gasteiger partial charge in [0.15, 0.2) is 0 Å². The molecule has 0 saturated carbocycles. The van der Waals surface area contributed by atoms with E-state index >= 15 is 0 Å². The second-order valence-electron chi connectivity index (χ2n) is 7.03. The van der Waals surface area contributed by atoms with E-state index in [2.05, 4.69) is 5.32 Å². The van der Waals surface area contributed by atoms with E-state index < -0.39 is 10.0 Å². The second-order valence-corrected chi connectivity index (χ2v) is 9.81. The summed E-state index contributed by atoms with van der Waals surface area (Å²) in [6.07, 6.45) is 4.26. The summed E-state index contributed by atoms with van der Waals surface area (Å²) < 4.78 is 31.2. The Morgan fingerprint density at radius 3 is 2.32 bits per heavy atom. The number of nitrogens with zero attached hydrogens (tertiary/aromatic N) is 1. The lowest BCUT2D eigenvalue weighted by Crippen LogP contribution is -2.29. The molecule has 0 spiro atoms. The Bertz CT molecular complexity index is 1110. The van der Waals surface area contributed by atoms with Gasteiger partial charge in [0.25, 0.3) is 5.91 Å². The van der Waals surface area contributed by atoms with Crippen LogP contribution >= 0.6 is 23.2 Å². The van der Waals surface area contributed by atoms with Crippen LogP contribution in [-0.4, -0.2) is 27.1 Å². The van der Waals surface area contributed by atoms with Gasteiger partial charge in [-0.1, -0.05) is 35.3 Å². The summed E-state index contributed by atoms with van der Waals surface area (Å²) in [5.74, 6) is 0.697. The van der Waals surface area contributed by atoms with Crippen LogP contribution in [0.1, 0.15) is 28.1 Å². The summed E-state index contributed by atoms with van der Waals surface area (Å²) in [4.78, 5) is 12.3. The number of sulfonamides is 1. The fourth-order valence-electron chi connectivity index (χ4n) is 3.03. The molecule has 3 rings (SSSR count).